The average Bonchev–Trinajstić information content (AvgIpc) is 2.81. The molecule has 1 aromatic rings. The van der Waals surface area contributed by atoms with Gasteiger partial charge in [-0.25, -0.2) is 0 Å². The van der Waals surface area contributed by atoms with Crippen molar-refractivity contribution < 1.29 is 16.8 Å². The minimum absolute atomic E-state index is 0. The van der Waals surface area contributed by atoms with Crippen molar-refractivity contribution in [2.75, 3.05) is 0 Å². The first-order valence-electron chi connectivity index (χ1n) is 7.51. The van der Waals surface area contributed by atoms with Gasteiger partial charge in [-0.15, -0.1) is 0 Å². The maximum Gasteiger partial charge on any atom is -0.0149 e. The van der Waals surface area contributed by atoms with Gasteiger partial charge in [-0.05, 0) is 11.0 Å². The van der Waals surface area contributed by atoms with Gasteiger partial charge in [-0.3, -0.25) is 0 Å². The van der Waals surface area contributed by atoms with E-state index in [1.165, 1.54) is 11.1 Å². The molecule has 22 heavy (non-hydrogen) atoms. The molecule has 0 saturated carbocycles. The fraction of sp³-hybridized carbons (Fsp3) is 0.368. The second kappa shape index (κ2) is 8.83. The smallest absolute Gasteiger partial charge is 0.0149 e. The molecule has 1 N–H and O–H groups in total. The SMILES string of the molecule is C=CC=C.CC(C)(C)[NH][Ti]([CH3])([CH3])[CH]1C=Cc2ccccc21.[SiH4]. The Morgan fingerprint density at radius 1 is 1.09 bits per heavy atom. The predicted octanol–water partition coefficient (Wildman–Crippen LogP) is 4.21. The number of allylic oxidation sites excluding steroid dienone is 3. The van der Waals surface area contributed by atoms with E-state index >= 15 is 0 Å². The number of rotatable bonds is 3. The van der Waals surface area contributed by atoms with Gasteiger partial charge in [0.25, 0.3) is 0 Å². The number of fused-ring (bicyclic) bond motifs is 1. The van der Waals surface area contributed by atoms with E-state index < -0.39 is 16.8 Å². The Kier molecular flexibility index (Phi) is 8.56. The van der Waals surface area contributed by atoms with Crippen molar-refractivity contribution in [2.24, 2.45) is 0 Å². The molecule has 1 aliphatic rings. The minimum Gasteiger partial charge on any atom is -0.0149 e. The van der Waals surface area contributed by atoms with Crippen molar-refractivity contribution in [3.8, 4) is 0 Å². The second-order valence-electron chi connectivity index (χ2n) is 7.03. The van der Waals surface area contributed by atoms with Gasteiger partial charge in [0.2, 0.25) is 0 Å². The van der Waals surface area contributed by atoms with Crippen molar-refractivity contribution >= 4 is 17.0 Å². The molecule has 0 heterocycles. The zero-order chi connectivity index (χ0) is 16.1. The Bertz CT molecular complexity index is 520. The van der Waals surface area contributed by atoms with Crippen LogP contribution in [0.2, 0.25) is 10.5 Å². The Morgan fingerprint density at radius 3 is 2.14 bits per heavy atom. The van der Waals surface area contributed by atoms with E-state index in [4.69, 9.17) is 0 Å². The molecule has 0 aromatic heterocycles. The maximum atomic E-state index is 3.91. The van der Waals surface area contributed by atoms with E-state index in [0.29, 0.717) is 4.22 Å². The van der Waals surface area contributed by atoms with Crippen LogP contribution in [0.5, 0.6) is 0 Å². The predicted molar refractivity (Wildman–Crippen MR) is 105 cm³/mol. The quantitative estimate of drug-likeness (QED) is 0.635. The van der Waals surface area contributed by atoms with Crippen LogP contribution in [-0.2, 0) is 16.8 Å². The summed E-state index contributed by atoms with van der Waals surface area (Å²) in [5.74, 6) is 0. The van der Waals surface area contributed by atoms with Gasteiger partial charge >= 0.3 is 109 Å². The molecule has 0 radical (unpaired) electrons. The molecule has 1 aromatic carbocycles. The molecule has 122 valence electrons. The second-order valence-corrected chi connectivity index (χ2v) is 13.8. The number of hydrogen-bond donors (Lipinski definition) is 1. The fourth-order valence-electron chi connectivity index (χ4n) is 2.92. The van der Waals surface area contributed by atoms with E-state index in [2.05, 4.69) is 84.6 Å². The summed E-state index contributed by atoms with van der Waals surface area (Å²) in [4.78, 5) is 0. The van der Waals surface area contributed by atoms with Crippen LogP contribution in [0.15, 0.2) is 55.7 Å². The minimum atomic E-state index is -2.04. The Labute approximate surface area is 145 Å². The standard InChI is InChI=1S/C9H7.C4H10N.C4H6.2CH3.H4Si.Ti/c1-2-5-9-7-3-6-8(9)4-1;1-4(2,3)5;1-3-4-2;;;;/h1-7H;5H,1-3H3;3-4H,1-2H2;2*1H3;1H4;/q;-1;;;;;+1. The van der Waals surface area contributed by atoms with Crippen molar-refractivity contribution in [1.82, 2.24) is 3.80 Å². The molecular weight excluding hydrogens is 318 g/mol. The molecule has 0 bridgehead atoms. The Balaban J connectivity index is 0.000000791. The molecule has 0 amide bonds. The van der Waals surface area contributed by atoms with E-state index in [9.17, 15) is 0 Å². The molecule has 0 saturated heterocycles. The summed E-state index contributed by atoms with van der Waals surface area (Å²) < 4.78 is 4.56. The van der Waals surface area contributed by atoms with Crippen molar-refractivity contribution in [3.05, 3.63) is 66.8 Å². The summed E-state index contributed by atoms with van der Waals surface area (Å²) in [5.41, 5.74) is 3.15. The maximum absolute atomic E-state index is 3.91. The summed E-state index contributed by atoms with van der Waals surface area (Å²) in [7, 11) is 0. The first-order valence-corrected chi connectivity index (χ1v) is 12.3. The molecule has 2 rings (SSSR count). The molecule has 1 aliphatic carbocycles. The molecule has 3 heteroatoms. The zero-order valence-electron chi connectivity index (χ0n) is 14.1. The van der Waals surface area contributed by atoms with Crippen LogP contribution in [0.4, 0.5) is 0 Å². The first kappa shape index (κ1) is 21.3. The summed E-state index contributed by atoms with van der Waals surface area (Å²) in [6.07, 6.45) is 7.97. The molecule has 1 atom stereocenters. The van der Waals surface area contributed by atoms with Gasteiger partial charge in [0.1, 0.15) is 0 Å². The van der Waals surface area contributed by atoms with Crippen LogP contribution in [0.25, 0.3) is 6.08 Å². The fourth-order valence-corrected chi connectivity index (χ4v) is 8.71. The van der Waals surface area contributed by atoms with Crippen LogP contribution >= 0.6 is 0 Å². The van der Waals surface area contributed by atoms with Gasteiger partial charge in [-0.1, -0.05) is 25.3 Å². The van der Waals surface area contributed by atoms with Gasteiger partial charge in [0.05, 0.1) is 0 Å². The van der Waals surface area contributed by atoms with Crippen LogP contribution in [0.1, 0.15) is 36.1 Å². The Morgan fingerprint density at radius 2 is 1.64 bits per heavy atom. The van der Waals surface area contributed by atoms with E-state index in [-0.39, 0.29) is 16.5 Å². The van der Waals surface area contributed by atoms with Crippen molar-refractivity contribution in [2.45, 2.75) is 41.0 Å². The van der Waals surface area contributed by atoms with Crippen LogP contribution in [0, 0.1) is 0 Å². The third-order valence-electron chi connectivity index (χ3n) is 3.44. The summed E-state index contributed by atoms with van der Waals surface area (Å²) in [5, 5.41) is 4.95. The van der Waals surface area contributed by atoms with Gasteiger partial charge in [0, 0.05) is 0 Å². The van der Waals surface area contributed by atoms with E-state index in [1.54, 1.807) is 12.2 Å². The van der Waals surface area contributed by atoms with E-state index in [1.807, 2.05) is 0 Å². The number of nitrogens with one attached hydrogen (secondary N) is 1. The van der Waals surface area contributed by atoms with Crippen molar-refractivity contribution in [3.63, 3.8) is 0 Å². The van der Waals surface area contributed by atoms with Crippen LogP contribution in [-0.4, -0.2) is 16.5 Å². The first-order chi connectivity index (χ1) is 9.71. The molecule has 1 unspecified atom stereocenters. The number of benzene rings is 1. The van der Waals surface area contributed by atoms with Gasteiger partial charge in [0.15, 0.2) is 0 Å². The van der Waals surface area contributed by atoms with Crippen molar-refractivity contribution in [1.29, 1.82) is 0 Å². The summed E-state index contributed by atoms with van der Waals surface area (Å²) >= 11 is -2.04. The van der Waals surface area contributed by atoms with E-state index in [0.717, 1.165) is 0 Å². The monoisotopic (exact) mass is 351 g/mol. The topological polar surface area (TPSA) is 12.0 Å². The van der Waals surface area contributed by atoms with Crippen LogP contribution < -0.4 is 3.80 Å². The number of hydrogen-bond acceptors (Lipinski definition) is 1. The van der Waals surface area contributed by atoms with Crippen LogP contribution in [0.3, 0.4) is 0 Å². The average molecular weight is 351 g/mol. The zero-order valence-corrected chi connectivity index (χ0v) is 15.7. The summed E-state index contributed by atoms with van der Waals surface area (Å²) in [6, 6.07) is 8.80. The molecule has 1 nitrogen and oxygen atoms in total. The molecule has 0 spiro atoms. The third-order valence-corrected chi connectivity index (χ3v) is 8.83. The third kappa shape index (κ3) is 6.21. The van der Waals surface area contributed by atoms with Gasteiger partial charge < -0.3 is 0 Å². The normalized spacial score (nSPS) is 16.0. The molecular formula is C19H33NSiTi. The summed E-state index contributed by atoms with van der Waals surface area (Å²) in [6.45, 7) is 13.5. The molecule has 0 fully saturated rings. The Hall–Kier alpha value is -0.669. The largest absolute Gasteiger partial charge is 0.0149 e. The van der Waals surface area contributed by atoms with Gasteiger partial charge in [-0.2, -0.15) is 0 Å². The molecule has 0 aliphatic heterocycles.